The van der Waals surface area contributed by atoms with Crippen LogP contribution in [0.3, 0.4) is 0 Å². The van der Waals surface area contributed by atoms with Crippen LogP contribution in [-0.4, -0.2) is 23.0 Å². The largest absolute Gasteiger partial charge is 0.495 e. The van der Waals surface area contributed by atoms with Crippen molar-refractivity contribution in [2.24, 2.45) is 5.73 Å². The van der Waals surface area contributed by atoms with E-state index in [4.69, 9.17) is 10.5 Å². The zero-order valence-corrected chi connectivity index (χ0v) is 14.5. The van der Waals surface area contributed by atoms with E-state index in [1.165, 1.54) is 6.20 Å². The third-order valence-corrected chi connectivity index (χ3v) is 3.69. The Morgan fingerprint density at radius 1 is 1.04 bits per heavy atom. The van der Waals surface area contributed by atoms with Crippen molar-refractivity contribution in [3.8, 4) is 5.75 Å². The summed E-state index contributed by atoms with van der Waals surface area (Å²) >= 11 is 0. The van der Waals surface area contributed by atoms with Crippen LogP contribution in [0.15, 0.2) is 54.7 Å². The molecule has 26 heavy (non-hydrogen) atoms. The number of nitrogens with two attached hydrogens (primary N) is 1. The molecule has 4 N–H and O–H groups in total. The van der Waals surface area contributed by atoms with Crippen molar-refractivity contribution in [1.82, 2.24) is 9.97 Å². The van der Waals surface area contributed by atoms with Crippen LogP contribution in [0.1, 0.15) is 16.1 Å². The molecular weight excluding hydrogens is 330 g/mol. The summed E-state index contributed by atoms with van der Waals surface area (Å²) in [5, 5.41) is 6.30. The molecule has 0 atom stereocenters. The van der Waals surface area contributed by atoms with Gasteiger partial charge in [-0.3, -0.25) is 4.79 Å². The zero-order valence-electron chi connectivity index (χ0n) is 14.5. The molecule has 1 aromatic carbocycles. The highest BCUT2D eigenvalue weighted by Gasteiger charge is 2.13. The number of aromatic nitrogens is 2. The maximum Gasteiger partial charge on any atom is 0.252 e. The van der Waals surface area contributed by atoms with Gasteiger partial charge in [-0.2, -0.15) is 0 Å². The van der Waals surface area contributed by atoms with E-state index >= 15 is 0 Å². The number of para-hydroxylation sites is 2. The monoisotopic (exact) mass is 349 g/mol. The Labute approximate surface area is 151 Å². The van der Waals surface area contributed by atoms with Crippen molar-refractivity contribution < 1.29 is 9.53 Å². The molecule has 7 nitrogen and oxygen atoms in total. The molecule has 132 valence electrons. The number of methoxy groups -OCH3 is 1. The van der Waals surface area contributed by atoms with E-state index < -0.39 is 5.91 Å². The predicted molar refractivity (Wildman–Crippen MR) is 101 cm³/mol. The lowest BCUT2D eigenvalue weighted by molar-refractivity contribution is 0.100. The minimum Gasteiger partial charge on any atom is -0.495 e. The van der Waals surface area contributed by atoms with E-state index in [9.17, 15) is 4.79 Å². The Hall–Kier alpha value is -3.61. The van der Waals surface area contributed by atoms with Crippen LogP contribution in [0.4, 0.5) is 23.0 Å². The highest BCUT2D eigenvalue weighted by atomic mass is 16.5. The number of hydrogen-bond donors (Lipinski definition) is 3. The molecule has 1 amide bonds. The normalized spacial score (nSPS) is 10.2. The summed E-state index contributed by atoms with van der Waals surface area (Å²) in [5.74, 6) is 1.27. The van der Waals surface area contributed by atoms with Crippen molar-refractivity contribution in [3.63, 3.8) is 0 Å². The van der Waals surface area contributed by atoms with Crippen molar-refractivity contribution >= 4 is 28.9 Å². The molecule has 7 heteroatoms. The quantitative estimate of drug-likeness (QED) is 0.630. The molecule has 0 fully saturated rings. The molecule has 0 aliphatic carbocycles. The van der Waals surface area contributed by atoms with Gasteiger partial charge in [0.1, 0.15) is 17.4 Å². The first-order chi connectivity index (χ1) is 12.6. The fourth-order valence-corrected chi connectivity index (χ4v) is 2.46. The minimum absolute atomic E-state index is 0.277. The van der Waals surface area contributed by atoms with Gasteiger partial charge in [0.05, 0.1) is 24.0 Å². The molecular formula is C19H19N5O2. The first-order valence-corrected chi connectivity index (χ1v) is 7.97. The van der Waals surface area contributed by atoms with Gasteiger partial charge < -0.3 is 21.1 Å². The molecule has 0 radical (unpaired) electrons. The number of amides is 1. The molecule has 0 saturated carbocycles. The number of carbonyl (C=O) groups is 1. The zero-order chi connectivity index (χ0) is 18.5. The van der Waals surface area contributed by atoms with Crippen LogP contribution in [0.25, 0.3) is 0 Å². The summed E-state index contributed by atoms with van der Waals surface area (Å²) in [6, 6.07) is 14.7. The van der Waals surface area contributed by atoms with Crippen molar-refractivity contribution in [2.75, 3.05) is 17.7 Å². The third kappa shape index (κ3) is 3.89. The first-order valence-electron chi connectivity index (χ1n) is 7.97. The van der Waals surface area contributed by atoms with Crippen LogP contribution >= 0.6 is 0 Å². The number of carbonyl (C=O) groups excluding carboxylic acids is 1. The number of anilines is 4. The van der Waals surface area contributed by atoms with Gasteiger partial charge in [-0.05, 0) is 31.2 Å². The van der Waals surface area contributed by atoms with E-state index in [0.717, 1.165) is 5.69 Å². The summed E-state index contributed by atoms with van der Waals surface area (Å²) in [6.07, 6.45) is 1.43. The Morgan fingerprint density at radius 2 is 1.85 bits per heavy atom. The molecule has 0 unspecified atom stereocenters. The standard InChI is InChI=1S/C19H19N5O2/c1-12-6-5-9-17(22-12)24-18-10-15(13(11-21-18)19(20)25)23-14-7-3-4-8-16(14)26-2/h3-11H,1-2H3,(H2,20,25)(H2,21,22,23,24). The highest BCUT2D eigenvalue weighted by molar-refractivity contribution is 5.99. The molecule has 2 heterocycles. The van der Waals surface area contributed by atoms with Gasteiger partial charge in [-0.1, -0.05) is 18.2 Å². The van der Waals surface area contributed by atoms with Gasteiger partial charge in [0, 0.05) is 18.0 Å². The number of nitrogens with zero attached hydrogens (tertiary/aromatic N) is 2. The number of primary amides is 1. The van der Waals surface area contributed by atoms with Crippen molar-refractivity contribution in [2.45, 2.75) is 6.92 Å². The molecule has 0 saturated heterocycles. The lowest BCUT2D eigenvalue weighted by Gasteiger charge is -2.14. The number of pyridine rings is 2. The predicted octanol–water partition coefficient (Wildman–Crippen LogP) is 3.38. The van der Waals surface area contributed by atoms with Gasteiger partial charge >= 0.3 is 0 Å². The van der Waals surface area contributed by atoms with Crippen molar-refractivity contribution in [1.29, 1.82) is 0 Å². The lowest BCUT2D eigenvalue weighted by Crippen LogP contribution is -2.14. The molecule has 0 aliphatic rings. The van der Waals surface area contributed by atoms with E-state index in [1.807, 2.05) is 49.4 Å². The number of ether oxygens (including phenoxy) is 1. The van der Waals surface area contributed by atoms with Crippen molar-refractivity contribution in [3.05, 3.63) is 66.0 Å². The van der Waals surface area contributed by atoms with Gasteiger partial charge in [-0.25, -0.2) is 9.97 Å². The second-order valence-electron chi connectivity index (χ2n) is 5.59. The fourth-order valence-electron chi connectivity index (χ4n) is 2.46. The summed E-state index contributed by atoms with van der Waals surface area (Å²) in [6.45, 7) is 1.91. The molecule has 0 aliphatic heterocycles. The maximum atomic E-state index is 11.8. The Balaban J connectivity index is 1.95. The topological polar surface area (TPSA) is 102 Å². The fraction of sp³-hybridized carbons (Fsp3) is 0.105. The number of nitrogens with one attached hydrogen (secondary N) is 2. The van der Waals surface area contributed by atoms with E-state index in [2.05, 4.69) is 20.6 Å². The van der Waals surface area contributed by atoms with E-state index in [1.54, 1.807) is 13.2 Å². The SMILES string of the molecule is COc1ccccc1Nc1cc(Nc2cccc(C)n2)ncc1C(N)=O. The van der Waals surface area contributed by atoms with Crippen LogP contribution < -0.4 is 21.1 Å². The number of rotatable bonds is 6. The summed E-state index contributed by atoms with van der Waals surface area (Å²) in [4.78, 5) is 20.4. The average Bonchev–Trinajstić information content (AvgIpc) is 2.62. The van der Waals surface area contributed by atoms with Gasteiger partial charge in [0.15, 0.2) is 0 Å². The van der Waals surface area contributed by atoms with E-state index in [-0.39, 0.29) is 5.56 Å². The molecule has 0 spiro atoms. The molecule has 3 rings (SSSR count). The average molecular weight is 349 g/mol. The lowest BCUT2D eigenvalue weighted by atomic mass is 10.2. The van der Waals surface area contributed by atoms with Crippen LogP contribution in [0, 0.1) is 6.92 Å². The second kappa shape index (κ2) is 7.52. The first kappa shape index (κ1) is 17.2. The minimum atomic E-state index is -0.574. The molecule has 0 bridgehead atoms. The van der Waals surface area contributed by atoms with Crippen LogP contribution in [0.2, 0.25) is 0 Å². The maximum absolute atomic E-state index is 11.8. The smallest absolute Gasteiger partial charge is 0.252 e. The summed E-state index contributed by atoms with van der Waals surface area (Å²) < 4.78 is 5.34. The van der Waals surface area contributed by atoms with Gasteiger partial charge in [0.2, 0.25) is 0 Å². The van der Waals surface area contributed by atoms with Gasteiger partial charge in [-0.15, -0.1) is 0 Å². The summed E-state index contributed by atoms with van der Waals surface area (Å²) in [7, 11) is 1.58. The van der Waals surface area contributed by atoms with Gasteiger partial charge in [0.25, 0.3) is 5.91 Å². The highest BCUT2D eigenvalue weighted by Crippen LogP contribution is 2.30. The number of aryl methyl sites for hydroxylation is 1. The van der Waals surface area contributed by atoms with Crippen LogP contribution in [0.5, 0.6) is 5.75 Å². The Morgan fingerprint density at radius 3 is 2.58 bits per heavy atom. The molecule has 3 aromatic rings. The summed E-state index contributed by atoms with van der Waals surface area (Å²) in [5.41, 5.74) is 7.87. The van der Waals surface area contributed by atoms with E-state index in [0.29, 0.717) is 28.8 Å². The Bertz CT molecular complexity index is 943. The Kier molecular flexibility index (Phi) is 4.98. The number of hydrogen-bond acceptors (Lipinski definition) is 6. The van der Waals surface area contributed by atoms with Crippen LogP contribution in [-0.2, 0) is 0 Å². The third-order valence-electron chi connectivity index (χ3n) is 3.69. The number of benzene rings is 1. The second-order valence-corrected chi connectivity index (χ2v) is 5.59. The molecule has 2 aromatic heterocycles.